The lowest BCUT2D eigenvalue weighted by atomic mass is 10.1. The molecule has 0 aliphatic carbocycles. The number of anilines is 1. The maximum atomic E-state index is 12.8. The van der Waals surface area contributed by atoms with Crippen molar-refractivity contribution in [1.82, 2.24) is 4.90 Å². The number of rotatable bonds is 7. The summed E-state index contributed by atoms with van der Waals surface area (Å²) in [5.41, 5.74) is 1.18. The van der Waals surface area contributed by atoms with Crippen LogP contribution in [0.5, 0.6) is 17.2 Å². The van der Waals surface area contributed by atoms with Crippen molar-refractivity contribution in [2.45, 2.75) is 13.8 Å². The van der Waals surface area contributed by atoms with Crippen LogP contribution in [0.3, 0.4) is 0 Å². The summed E-state index contributed by atoms with van der Waals surface area (Å²) in [6, 6.07) is 12.3. The van der Waals surface area contributed by atoms with E-state index in [1.807, 2.05) is 38.1 Å². The molecule has 4 rings (SSSR count). The van der Waals surface area contributed by atoms with Crippen molar-refractivity contribution in [2.75, 3.05) is 25.3 Å². The van der Waals surface area contributed by atoms with Crippen LogP contribution >= 0.6 is 11.8 Å². The highest BCUT2D eigenvalue weighted by Crippen LogP contribution is 2.35. The molecular formula is C23H22N2O6S. The van der Waals surface area contributed by atoms with Gasteiger partial charge in [0.1, 0.15) is 12.3 Å². The molecule has 1 saturated heterocycles. The average Bonchev–Trinajstić information content (AvgIpc) is 3.32. The van der Waals surface area contributed by atoms with Crippen molar-refractivity contribution in [3.05, 3.63) is 52.9 Å². The summed E-state index contributed by atoms with van der Waals surface area (Å²) in [4.78, 5) is 38.8. The van der Waals surface area contributed by atoms with Crippen LogP contribution in [0.25, 0.3) is 6.08 Å². The highest BCUT2D eigenvalue weighted by Gasteiger charge is 2.36. The summed E-state index contributed by atoms with van der Waals surface area (Å²) in [5.74, 6) is 1.09. The first-order valence-electron chi connectivity index (χ1n) is 10.1. The van der Waals surface area contributed by atoms with Crippen molar-refractivity contribution in [1.29, 1.82) is 0 Å². The lowest BCUT2D eigenvalue weighted by molar-refractivity contribution is -0.127. The van der Waals surface area contributed by atoms with Crippen molar-refractivity contribution >= 4 is 40.6 Å². The fourth-order valence-corrected chi connectivity index (χ4v) is 3.91. The van der Waals surface area contributed by atoms with E-state index in [4.69, 9.17) is 14.2 Å². The van der Waals surface area contributed by atoms with E-state index in [1.165, 1.54) is 0 Å². The molecular weight excluding hydrogens is 432 g/mol. The first-order chi connectivity index (χ1) is 15.4. The van der Waals surface area contributed by atoms with Crippen LogP contribution in [0, 0.1) is 5.92 Å². The van der Waals surface area contributed by atoms with Gasteiger partial charge in [-0.2, -0.15) is 0 Å². The topological polar surface area (TPSA) is 94.2 Å². The number of carbonyl (C=O) groups excluding carboxylic acids is 3. The Bertz CT molecular complexity index is 1100. The minimum atomic E-state index is -0.514. The number of ether oxygens (including phenoxy) is 3. The number of para-hydroxylation sites is 1. The van der Waals surface area contributed by atoms with Crippen molar-refractivity contribution in [2.24, 2.45) is 5.92 Å². The summed E-state index contributed by atoms with van der Waals surface area (Å²) in [6.45, 7) is 4.36. The Morgan fingerprint density at radius 1 is 1.19 bits per heavy atom. The predicted molar refractivity (Wildman–Crippen MR) is 121 cm³/mol. The molecule has 1 fully saturated rings. The van der Waals surface area contributed by atoms with Gasteiger partial charge in [-0.05, 0) is 42.0 Å². The number of nitrogens with zero attached hydrogens (tertiary/aromatic N) is 1. The van der Waals surface area contributed by atoms with Crippen LogP contribution in [0.15, 0.2) is 47.4 Å². The van der Waals surface area contributed by atoms with E-state index in [0.717, 1.165) is 16.7 Å². The van der Waals surface area contributed by atoms with Gasteiger partial charge >= 0.3 is 0 Å². The maximum absolute atomic E-state index is 12.8. The standard InChI is InChI=1S/C23H22N2O6S/c1-14(2)12-29-17-6-4-3-5-15(17)9-20-22(27)25(23(28)32-20)11-21(26)24-16-7-8-18-19(10-16)31-13-30-18/h3-10,14H,11-13H2,1-2H3,(H,24,26)/b20-9+. The summed E-state index contributed by atoms with van der Waals surface area (Å²) in [7, 11) is 0. The summed E-state index contributed by atoms with van der Waals surface area (Å²) in [6.07, 6.45) is 1.62. The van der Waals surface area contributed by atoms with Gasteiger partial charge in [0.15, 0.2) is 11.5 Å². The molecule has 2 heterocycles. The van der Waals surface area contributed by atoms with E-state index in [1.54, 1.807) is 24.3 Å². The highest BCUT2D eigenvalue weighted by molar-refractivity contribution is 8.18. The van der Waals surface area contributed by atoms with Crippen LogP contribution in [-0.2, 0) is 9.59 Å². The molecule has 2 aromatic carbocycles. The van der Waals surface area contributed by atoms with Gasteiger partial charge in [-0.3, -0.25) is 19.3 Å². The normalized spacial score (nSPS) is 16.2. The predicted octanol–water partition coefficient (Wildman–Crippen LogP) is 4.13. The van der Waals surface area contributed by atoms with Gasteiger partial charge in [0.05, 0.1) is 11.5 Å². The molecule has 2 aliphatic rings. The summed E-state index contributed by atoms with van der Waals surface area (Å²) in [5, 5.41) is 2.17. The monoisotopic (exact) mass is 454 g/mol. The highest BCUT2D eigenvalue weighted by atomic mass is 32.2. The number of hydrogen-bond donors (Lipinski definition) is 1. The molecule has 2 aromatic rings. The largest absolute Gasteiger partial charge is 0.493 e. The van der Waals surface area contributed by atoms with Crippen molar-refractivity contribution < 1.29 is 28.6 Å². The van der Waals surface area contributed by atoms with Gasteiger partial charge in [-0.15, -0.1) is 0 Å². The number of amides is 3. The Kier molecular flexibility index (Phi) is 6.36. The molecule has 3 amide bonds. The second-order valence-corrected chi connectivity index (χ2v) is 8.62. The average molecular weight is 455 g/mol. The van der Waals surface area contributed by atoms with Crippen LogP contribution < -0.4 is 19.5 Å². The summed E-state index contributed by atoms with van der Waals surface area (Å²) < 4.78 is 16.3. The Morgan fingerprint density at radius 3 is 2.78 bits per heavy atom. The van der Waals surface area contributed by atoms with Crippen LogP contribution in [0.2, 0.25) is 0 Å². The number of imide groups is 1. The molecule has 32 heavy (non-hydrogen) atoms. The number of nitrogens with one attached hydrogen (secondary N) is 1. The van der Waals surface area contributed by atoms with E-state index in [-0.39, 0.29) is 18.2 Å². The number of carbonyl (C=O) groups is 3. The number of benzene rings is 2. The van der Waals surface area contributed by atoms with Crippen molar-refractivity contribution in [3.63, 3.8) is 0 Å². The van der Waals surface area contributed by atoms with Gasteiger partial charge in [-0.1, -0.05) is 32.0 Å². The third-order valence-electron chi connectivity index (χ3n) is 4.61. The fraction of sp³-hybridized carbons (Fsp3) is 0.261. The molecule has 8 nitrogen and oxygen atoms in total. The molecule has 0 bridgehead atoms. The quantitative estimate of drug-likeness (QED) is 0.629. The molecule has 9 heteroatoms. The van der Waals surface area contributed by atoms with Gasteiger partial charge in [0.25, 0.3) is 11.1 Å². The molecule has 1 N–H and O–H groups in total. The molecule has 166 valence electrons. The molecule has 0 aromatic heterocycles. The van der Waals surface area contributed by atoms with E-state index in [2.05, 4.69) is 5.32 Å². The number of hydrogen-bond acceptors (Lipinski definition) is 7. The second-order valence-electron chi connectivity index (χ2n) is 7.63. The molecule has 0 unspecified atom stereocenters. The molecule has 0 spiro atoms. The Hall–Kier alpha value is -3.46. The van der Waals surface area contributed by atoms with Crippen molar-refractivity contribution in [3.8, 4) is 17.2 Å². The van der Waals surface area contributed by atoms with Gasteiger partial charge < -0.3 is 19.5 Å². The number of fused-ring (bicyclic) bond motifs is 1. The van der Waals surface area contributed by atoms with E-state index >= 15 is 0 Å². The van der Waals surface area contributed by atoms with Gasteiger partial charge in [0, 0.05) is 17.3 Å². The Balaban J connectivity index is 1.43. The molecule has 2 aliphatic heterocycles. The zero-order valence-electron chi connectivity index (χ0n) is 17.6. The maximum Gasteiger partial charge on any atom is 0.294 e. The van der Waals surface area contributed by atoms with Crippen LogP contribution in [-0.4, -0.2) is 41.9 Å². The summed E-state index contributed by atoms with van der Waals surface area (Å²) >= 11 is 0.801. The van der Waals surface area contributed by atoms with E-state index in [9.17, 15) is 14.4 Å². The minimum Gasteiger partial charge on any atom is -0.493 e. The third kappa shape index (κ3) is 4.88. The van der Waals surface area contributed by atoms with Crippen LogP contribution in [0.1, 0.15) is 19.4 Å². The Labute approximate surface area is 189 Å². The third-order valence-corrected chi connectivity index (χ3v) is 5.52. The van der Waals surface area contributed by atoms with Crippen LogP contribution in [0.4, 0.5) is 10.5 Å². The van der Waals surface area contributed by atoms with Gasteiger partial charge in [-0.25, -0.2) is 0 Å². The molecule has 0 radical (unpaired) electrons. The minimum absolute atomic E-state index is 0.126. The second kappa shape index (κ2) is 9.35. The first kappa shape index (κ1) is 21.8. The lowest BCUT2D eigenvalue weighted by Gasteiger charge is -2.13. The molecule has 0 atom stereocenters. The smallest absolute Gasteiger partial charge is 0.294 e. The van der Waals surface area contributed by atoms with E-state index in [0.29, 0.717) is 41.0 Å². The van der Waals surface area contributed by atoms with E-state index < -0.39 is 17.1 Å². The van der Waals surface area contributed by atoms with Gasteiger partial charge in [0.2, 0.25) is 12.7 Å². The Morgan fingerprint density at radius 2 is 1.97 bits per heavy atom. The molecule has 0 saturated carbocycles. The number of thioether (sulfide) groups is 1. The zero-order valence-corrected chi connectivity index (χ0v) is 18.4. The lowest BCUT2D eigenvalue weighted by Crippen LogP contribution is -2.36. The SMILES string of the molecule is CC(C)COc1ccccc1/C=C1/SC(=O)N(CC(=O)Nc2ccc3c(c2)OCO3)C1=O. The fourth-order valence-electron chi connectivity index (χ4n) is 3.08. The zero-order chi connectivity index (χ0) is 22.7. The first-order valence-corrected chi connectivity index (χ1v) is 10.9.